The molecule has 0 aliphatic heterocycles. The van der Waals surface area contributed by atoms with Crippen molar-refractivity contribution in [3.63, 3.8) is 0 Å². The second-order valence-electron chi connectivity index (χ2n) is 7.41. The Kier molecular flexibility index (Phi) is 9.16. The number of carbonyl (C=O) groups excluding carboxylic acids is 1. The van der Waals surface area contributed by atoms with Gasteiger partial charge in [0.15, 0.2) is 0 Å². The normalized spacial score (nSPS) is 11.8. The van der Waals surface area contributed by atoms with Crippen LogP contribution in [0.25, 0.3) is 6.08 Å². The predicted octanol–water partition coefficient (Wildman–Crippen LogP) is 6.22. The van der Waals surface area contributed by atoms with E-state index < -0.39 is 0 Å². The highest BCUT2D eigenvalue weighted by atomic mass is 16.5. The second kappa shape index (κ2) is 11.8. The summed E-state index contributed by atoms with van der Waals surface area (Å²) in [6.07, 6.45) is 5.52. The zero-order valence-corrected chi connectivity index (χ0v) is 17.9. The van der Waals surface area contributed by atoms with Gasteiger partial charge in [-0.1, -0.05) is 32.9 Å². The van der Waals surface area contributed by atoms with Gasteiger partial charge in [0, 0.05) is 11.8 Å². The lowest BCUT2D eigenvalue weighted by Crippen LogP contribution is -2.06. The molecule has 0 fully saturated rings. The highest BCUT2D eigenvalue weighted by Gasteiger charge is 2.05. The fourth-order valence-electron chi connectivity index (χ4n) is 2.49. The Balaban J connectivity index is 1.92. The van der Waals surface area contributed by atoms with Crippen LogP contribution in [0.1, 0.15) is 51.7 Å². The molecule has 4 heteroatoms. The lowest BCUT2D eigenvalue weighted by atomic mass is 10.1. The van der Waals surface area contributed by atoms with Gasteiger partial charge in [-0.2, -0.15) is 0 Å². The molecule has 2 rings (SSSR count). The third kappa shape index (κ3) is 8.34. The van der Waals surface area contributed by atoms with Crippen molar-refractivity contribution in [3.05, 3.63) is 65.2 Å². The van der Waals surface area contributed by atoms with E-state index in [1.807, 2.05) is 67.7 Å². The first kappa shape index (κ1) is 22.4. The molecular weight excluding hydrogens is 362 g/mol. The van der Waals surface area contributed by atoms with Crippen LogP contribution in [-0.4, -0.2) is 25.4 Å². The van der Waals surface area contributed by atoms with Gasteiger partial charge in [0.25, 0.3) is 0 Å². The van der Waals surface area contributed by atoms with Crippen molar-refractivity contribution in [3.8, 4) is 5.75 Å². The molecule has 0 atom stereocenters. The molecule has 0 aliphatic carbocycles. The van der Waals surface area contributed by atoms with E-state index in [4.69, 9.17) is 9.47 Å². The molecule has 0 spiro atoms. The first-order chi connectivity index (χ1) is 14.0. The molecule has 0 N–H and O–H groups in total. The zero-order valence-electron chi connectivity index (χ0n) is 17.9. The lowest BCUT2D eigenvalue weighted by Gasteiger charge is -2.07. The number of rotatable bonds is 10. The van der Waals surface area contributed by atoms with Crippen LogP contribution in [0.5, 0.6) is 5.75 Å². The summed E-state index contributed by atoms with van der Waals surface area (Å²) in [6.45, 7) is 9.30. The number of carbonyl (C=O) groups is 1. The molecule has 154 valence electrons. The summed E-state index contributed by atoms with van der Waals surface area (Å²) in [5.41, 5.74) is 3.40. The quantitative estimate of drug-likeness (QED) is 0.273. The van der Waals surface area contributed by atoms with Gasteiger partial charge in [0.1, 0.15) is 5.75 Å². The average Bonchev–Trinajstić information content (AvgIpc) is 2.72. The summed E-state index contributed by atoms with van der Waals surface area (Å²) in [6, 6.07) is 15.7. The van der Waals surface area contributed by atoms with Gasteiger partial charge in [-0.05, 0) is 79.3 Å². The van der Waals surface area contributed by atoms with Gasteiger partial charge in [0.2, 0.25) is 0 Å². The van der Waals surface area contributed by atoms with E-state index in [0.717, 1.165) is 42.0 Å². The Hall–Kier alpha value is -2.88. The third-order valence-electron chi connectivity index (χ3n) is 4.24. The maximum atomic E-state index is 11.8. The highest BCUT2D eigenvalue weighted by Crippen LogP contribution is 2.17. The standard InChI is InChI=1S/C25H31NO3/c1-5-15-29-25(27)20(4)17-21-6-10-23(11-7-21)26-18-22-8-12-24(13-9-22)28-16-14-19(2)3/h6-13,17-19H,5,14-16H2,1-4H3/b20-17-,26-18?. The molecule has 0 aliphatic rings. The van der Waals surface area contributed by atoms with Crippen LogP contribution in [0.3, 0.4) is 0 Å². The molecule has 0 saturated heterocycles. The third-order valence-corrected chi connectivity index (χ3v) is 4.24. The van der Waals surface area contributed by atoms with Crippen molar-refractivity contribution in [1.82, 2.24) is 0 Å². The van der Waals surface area contributed by atoms with E-state index in [1.54, 1.807) is 6.92 Å². The summed E-state index contributed by atoms with van der Waals surface area (Å²) >= 11 is 0. The molecule has 29 heavy (non-hydrogen) atoms. The predicted molar refractivity (Wildman–Crippen MR) is 120 cm³/mol. The van der Waals surface area contributed by atoms with E-state index in [1.165, 1.54) is 0 Å². The minimum atomic E-state index is -0.273. The number of benzene rings is 2. The fraction of sp³-hybridized carbons (Fsp3) is 0.360. The molecule has 2 aromatic rings. The summed E-state index contributed by atoms with van der Waals surface area (Å²) < 4.78 is 10.9. The van der Waals surface area contributed by atoms with Gasteiger partial charge in [-0.3, -0.25) is 4.99 Å². The SMILES string of the molecule is CCCOC(=O)/C(C)=C\c1ccc(N=Cc2ccc(OCCC(C)C)cc2)cc1. The zero-order chi connectivity index (χ0) is 21.1. The van der Waals surface area contributed by atoms with Crippen molar-refractivity contribution < 1.29 is 14.3 Å². The van der Waals surface area contributed by atoms with Gasteiger partial charge in [-0.25, -0.2) is 4.79 Å². The van der Waals surface area contributed by atoms with E-state index in [-0.39, 0.29) is 5.97 Å². The fourth-order valence-corrected chi connectivity index (χ4v) is 2.49. The van der Waals surface area contributed by atoms with Crippen LogP contribution in [0.15, 0.2) is 59.1 Å². The minimum absolute atomic E-state index is 0.273. The van der Waals surface area contributed by atoms with E-state index >= 15 is 0 Å². The Morgan fingerprint density at radius 2 is 1.66 bits per heavy atom. The van der Waals surface area contributed by atoms with Crippen molar-refractivity contribution in [2.45, 2.75) is 40.5 Å². The van der Waals surface area contributed by atoms with Crippen LogP contribution < -0.4 is 4.74 Å². The topological polar surface area (TPSA) is 47.9 Å². The van der Waals surface area contributed by atoms with Crippen molar-refractivity contribution >= 4 is 23.9 Å². The maximum absolute atomic E-state index is 11.8. The molecular formula is C25H31NO3. The number of hydrogen-bond donors (Lipinski definition) is 0. The Morgan fingerprint density at radius 3 is 2.28 bits per heavy atom. The van der Waals surface area contributed by atoms with Crippen LogP contribution in [0.2, 0.25) is 0 Å². The van der Waals surface area contributed by atoms with Crippen molar-refractivity contribution in [2.24, 2.45) is 10.9 Å². The van der Waals surface area contributed by atoms with Crippen LogP contribution in [-0.2, 0) is 9.53 Å². The number of aliphatic imine (C=N–C) groups is 1. The molecule has 2 aromatic carbocycles. The van der Waals surface area contributed by atoms with Crippen LogP contribution in [0.4, 0.5) is 5.69 Å². The summed E-state index contributed by atoms with van der Waals surface area (Å²) in [7, 11) is 0. The van der Waals surface area contributed by atoms with Crippen molar-refractivity contribution in [1.29, 1.82) is 0 Å². The molecule has 0 unspecified atom stereocenters. The van der Waals surface area contributed by atoms with Crippen LogP contribution >= 0.6 is 0 Å². The molecule has 0 heterocycles. The molecule has 0 saturated carbocycles. The van der Waals surface area contributed by atoms with E-state index in [2.05, 4.69) is 18.8 Å². The molecule has 0 amide bonds. The maximum Gasteiger partial charge on any atom is 0.333 e. The Labute approximate surface area is 174 Å². The summed E-state index contributed by atoms with van der Waals surface area (Å²) in [5, 5.41) is 0. The van der Waals surface area contributed by atoms with Crippen molar-refractivity contribution in [2.75, 3.05) is 13.2 Å². The first-order valence-electron chi connectivity index (χ1n) is 10.2. The van der Waals surface area contributed by atoms with Gasteiger partial charge in [0.05, 0.1) is 18.9 Å². The highest BCUT2D eigenvalue weighted by molar-refractivity contribution is 5.93. The Morgan fingerprint density at radius 1 is 1.00 bits per heavy atom. The average molecular weight is 394 g/mol. The lowest BCUT2D eigenvalue weighted by molar-refractivity contribution is -0.138. The number of hydrogen-bond acceptors (Lipinski definition) is 4. The smallest absolute Gasteiger partial charge is 0.333 e. The summed E-state index contributed by atoms with van der Waals surface area (Å²) in [5.74, 6) is 1.25. The van der Waals surface area contributed by atoms with Gasteiger partial charge in [-0.15, -0.1) is 0 Å². The molecule has 0 radical (unpaired) electrons. The van der Waals surface area contributed by atoms with Gasteiger partial charge >= 0.3 is 5.97 Å². The molecule has 4 nitrogen and oxygen atoms in total. The van der Waals surface area contributed by atoms with Crippen LogP contribution in [0, 0.1) is 5.92 Å². The number of ether oxygens (including phenoxy) is 2. The monoisotopic (exact) mass is 393 g/mol. The molecule has 0 bridgehead atoms. The molecule has 0 aromatic heterocycles. The largest absolute Gasteiger partial charge is 0.494 e. The second-order valence-corrected chi connectivity index (χ2v) is 7.41. The van der Waals surface area contributed by atoms with Gasteiger partial charge < -0.3 is 9.47 Å². The minimum Gasteiger partial charge on any atom is -0.494 e. The summed E-state index contributed by atoms with van der Waals surface area (Å²) in [4.78, 5) is 16.3. The van der Waals surface area contributed by atoms with E-state index in [0.29, 0.717) is 18.1 Å². The Bertz CT molecular complexity index is 818. The van der Waals surface area contributed by atoms with E-state index in [9.17, 15) is 4.79 Å². The number of nitrogens with zero attached hydrogens (tertiary/aromatic N) is 1. The first-order valence-corrected chi connectivity index (χ1v) is 10.2. The number of esters is 1.